The van der Waals surface area contributed by atoms with E-state index >= 15 is 0 Å². The van der Waals surface area contributed by atoms with Gasteiger partial charge in [0.1, 0.15) is 5.69 Å². The quantitative estimate of drug-likeness (QED) is 0.298. The average molecular weight is 448 g/mol. The highest BCUT2D eigenvalue weighted by atomic mass is 16.5. The number of aryl methyl sites for hydroxylation is 3. The van der Waals surface area contributed by atoms with Crippen LogP contribution in [0.2, 0.25) is 0 Å². The Morgan fingerprint density at radius 2 is 1.26 bits per heavy atom. The van der Waals surface area contributed by atoms with Gasteiger partial charge in [-0.2, -0.15) is 0 Å². The SMILES string of the molecule is COc1ccccc1N1C=[N+](c2c(C)cc(C)cc2C)C(c2ccccc2)C1c1ccccc1. The van der Waals surface area contributed by atoms with Crippen molar-refractivity contribution in [3.63, 3.8) is 0 Å². The molecule has 1 aliphatic heterocycles. The topological polar surface area (TPSA) is 15.5 Å². The number of hydrogen-bond acceptors (Lipinski definition) is 2. The molecule has 34 heavy (non-hydrogen) atoms. The summed E-state index contributed by atoms with van der Waals surface area (Å²) in [6.45, 7) is 6.60. The first-order valence-corrected chi connectivity index (χ1v) is 11.8. The second kappa shape index (κ2) is 9.18. The summed E-state index contributed by atoms with van der Waals surface area (Å²) in [6, 6.07) is 34.6. The molecule has 0 spiro atoms. The van der Waals surface area contributed by atoms with Crippen LogP contribution in [-0.4, -0.2) is 18.0 Å². The number of hydrogen-bond donors (Lipinski definition) is 0. The molecule has 0 bridgehead atoms. The van der Waals surface area contributed by atoms with E-state index in [1.807, 2.05) is 12.1 Å². The van der Waals surface area contributed by atoms with Gasteiger partial charge in [0.15, 0.2) is 23.5 Å². The second-order valence-electron chi connectivity index (χ2n) is 9.06. The molecule has 0 aromatic heterocycles. The van der Waals surface area contributed by atoms with Gasteiger partial charge in [-0.15, -0.1) is 0 Å². The molecule has 3 heteroatoms. The predicted molar refractivity (Wildman–Crippen MR) is 140 cm³/mol. The third kappa shape index (κ3) is 3.88. The summed E-state index contributed by atoms with van der Waals surface area (Å²) < 4.78 is 8.27. The van der Waals surface area contributed by atoms with E-state index in [1.54, 1.807) is 7.11 Å². The van der Waals surface area contributed by atoms with Crippen LogP contribution in [0, 0.1) is 20.8 Å². The van der Waals surface area contributed by atoms with Crippen LogP contribution in [0.25, 0.3) is 0 Å². The fraction of sp³-hybridized carbons (Fsp3) is 0.194. The zero-order valence-corrected chi connectivity index (χ0v) is 20.3. The van der Waals surface area contributed by atoms with E-state index in [9.17, 15) is 0 Å². The first-order chi connectivity index (χ1) is 16.6. The molecular weight excluding hydrogens is 416 g/mol. The third-order valence-electron chi connectivity index (χ3n) is 6.69. The molecule has 4 aromatic carbocycles. The molecule has 0 amide bonds. The maximum Gasteiger partial charge on any atom is 0.245 e. The molecule has 0 saturated heterocycles. The van der Waals surface area contributed by atoms with Crippen LogP contribution in [-0.2, 0) is 0 Å². The molecule has 0 aliphatic carbocycles. The lowest BCUT2D eigenvalue weighted by molar-refractivity contribution is -0.482. The van der Waals surface area contributed by atoms with Crippen molar-refractivity contribution in [1.82, 2.24) is 0 Å². The monoisotopic (exact) mass is 447 g/mol. The van der Waals surface area contributed by atoms with Crippen molar-refractivity contribution in [1.29, 1.82) is 0 Å². The standard InChI is InChI=1S/C31H31N2O/c1-22-19-23(2)29(24(3)20-22)33-21-32(27-17-11-12-18-28(27)34-4)30(25-13-7-5-8-14-25)31(33)26-15-9-6-10-16-26/h5-21,30-31H,1-4H3/q+1. The summed E-state index contributed by atoms with van der Waals surface area (Å²) in [6.07, 6.45) is 2.28. The fourth-order valence-electron chi connectivity index (χ4n) is 5.40. The number of methoxy groups -OCH3 is 1. The number of para-hydroxylation sites is 2. The number of nitrogens with zero attached hydrogens (tertiary/aromatic N) is 2. The second-order valence-corrected chi connectivity index (χ2v) is 9.06. The maximum atomic E-state index is 5.81. The lowest BCUT2D eigenvalue weighted by atomic mass is 9.91. The Balaban J connectivity index is 1.80. The summed E-state index contributed by atoms with van der Waals surface area (Å²) in [5.41, 5.74) is 8.72. The maximum absolute atomic E-state index is 5.81. The highest BCUT2D eigenvalue weighted by molar-refractivity contribution is 5.83. The average Bonchev–Trinajstić information content (AvgIpc) is 3.24. The summed E-state index contributed by atoms with van der Waals surface area (Å²) in [7, 11) is 1.74. The molecule has 0 saturated carbocycles. The van der Waals surface area contributed by atoms with Crippen molar-refractivity contribution in [3.8, 4) is 5.75 Å². The van der Waals surface area contributed by atoms with E-state index in [4.69, 9.17) is 4.74 Å². The summed E-state index contributed by atoms with van der Waals surface area (Å²) in [5.74, 6) is 0.866. The summed E-state index contributed by atoms with van der Waals surface area (Å²) in [4.78, 5) is 2.38. The lowest BCUT2D eigenvalue weighted by Gasteiger charge is -2.25. The minimum atomic E-state index is 0.0694. The zero-order valence-electron chi connectivity index (χ0n) is 20.3. The Bertz CT molecular complexity index is 1310. The van der Waals surface area contributed by atoms with Gasteiger partial charge in [0.2, 0.25) is 6.34 Å². The summed E-state index contributed by atoms with van der Waals surface area (Å²) >= 11 is 0. The van der Waals surface area contributed by atoms with E-state index in [0.29, 0.717) is 0 Å². The van der Waals surface area contributed by atoms with E-state index in [0.717, 1.165) is 11.4 Å². The Kier molecular flexibility index (Phi) is 5.93. The van der Waals surface area contributed by atoms with Gasteiger partial charge in [-0.3, -0.25) is 0 Å². The van der Waals surface area contributed by atoms with Crippen LogP contribution < -0.4 is 9.64 Å². The van der Waals surface area contributed by atoms with E-state index in [2.05, 4.69) is 122 Å². The smallest absolute Gasteiger partial charge is 0.245 e. The van der Waals surface area contributed by atoms with Gasteiger partial charge in [0.25, 0.3) is 0 Å². The third-order valence-corrected chi connectivity index (χ3v) is 6.69. The molecule has 0 N–H and O–H groups in total. The van der Waals surface area contributed by atoms with E-state index < -0.39 is 0 Å². The van der Waals surface area contributed by atoms with Crippen LogP contribution in [0.4, 0.5) is 11.4 Å². The van der Waals surface area contributed by atoms with Crippen molar-refractivity contribution in [2.75, 3.05) is 12.0 Å². The van der Waals surface area contributed by atoms with E-state index in [1.165, 1.54) is 33.5 Å². The first-order valence-electron chi connectivity index (χ1n) is 11.8. The Morgan fingerprint density at radius 3 is 1.88 bits per heavy atom. The molecule has 1 heterocycles. The summed E-state index contributed by atoms with van der Waals surface area (Å²) in [5, 5.41) is 0. The van der Waals surface area contributed by atoms with Crippen LogP contribution in [0.3, 0.4) is 0 Å². The van der Waals surface area contributed by atoms with Gasteiger partial charge < -0.3 is 4.74 Å². The van der Waals surface area contributed by atoms with Crippen molar-refractivity contribution in [2.45, 2.75) is 32.9 Å². The normalized spacial score (nSPS) is 17.5. The van der Waals surface area contributed by atoms with Gasteiger partial charge in [0.05, 0.1) is 7.11 Å². The van der Waals surface area contributed by atoms with Crippen molar-refractivity contribution < 1.29 is 9.31 Å². The Hall–Kier alpha value is -3.85. The van der Waals surface area contributed by atoms with Crippen LogP contribution in [0.5, 0.6) is 5.75 Å². The minimum absolute atomic E-state index is 0.0694. The fourth-order valence-corrected chi connectivity index (χ4v) is 5.40. The minimum Gasteiger partial charge on any atom is -0.492 e. The molecule has 0 fully saturated rings. The molecule has 2 atom stereocenters. The molecule has 5 rings (SSSR count). The number of rotatable bonds is 5. The molecule has 1 aliphatic rings. The Morgan fingerprint density at radius 1 is 0.706 bits per heavy atom. The zero-order chi connectivity index (χ0) is 23.7. The van der Waals surface area contributed by atoms with Gasteiger partial charge in [-0.1, -0.05) is 90.5 Å². The largest absolute Gasteiger partial charge is 0.492 e. The molecule has 2 unspecified atom stereocenters. The van der Waals surface area contributed by atoms with Gasteiger partial charge in [-0.05, 0) is 44.0 Å². The molecule has 0 radical (unpaired) electrons. The highest BCUT2D eigenvalue weighted by Gasteiger charge is 2.47. The molecule has 3 nitrogen and oxygen atoms in total. The van der Waals surface area contributed by atoms with Crippen molar-refractivity contribution in [3.05, 3.63) is 125 Å². The molecule has 4 aromatic rings. The van der Waals surface area contributed by atoms with Crippen LogP contribution in [0.15, 0.2) is 97.1 Å². The number of benzene rings is 4. The Labute approximate surface area is 202 Å². The van der Waals surface area contributed by atoms with Gasteiger partial charge >= 0.3 is 0 Å². The van der Waals surface area contributed by atoms with Gasteiger partial charge in [-0.25, -0.2) is 9.48 Å². The van der Waals surface area contributed by atoms with Crippen LogP contribution >= 0.6 is 0 Å². The van der Waals surface area contributed by atoms with Crippen molar-refractivity contribution >= 4 is 17.7 Å². The number of ether oxygens (including phenoxy) is 1. The molecular formula is C31H31N2O+. The number of anilines is 1. The van der Waals surface area contributed by atoms with Crippen molar-refractivity contribution in [2.24, 2.45) is 0 Å². The van der Waals surface area contributed by atoms with E-state index in [-0.39, 0.29) is 12.1 Å². The highest BCUT2D eigenvalue weighted by Crippen LogP contribution is 2.47. The first kappa shape index (κ1) is 22.0. The lowest BCUT2D eigenvalue weighted by Crippen LogP contribution is -2.26. The van der Waals surface area contributed by atoms with Crippen LogP contribution in [0.1, 0.15) is 39.9 Å². The molecule has 170 valence electrons. The predicted octanol–water partition coefficient (Wildman–Crippen LogP) is 7.30. The van der Waals surface area contributed by atoms with Gasteiger partial charge in [0, 0.05) is 11.1 Å².